The molecule has 0 radical (unpaired) electrons. The predicted molar refractivity (Wildman–Crippen MR) is 102 cm³/mol. The van der Waals surface area contributed by atoms with Crippen LogP contribution in [0.15, 0.2) is 36.4 Å². The molecule has 5 heteroatoms. The van der Waals surface area contributed by atoms with E-state index in [0.717, 1.165) is 36.2 Å². The maximum Gasteiger partial charge on any atom is 0.249 e. The summed E-state index contributed by atoms with van der Waals surface area (Å²) in [6, 6.07) is 11.9. The van der Waals surface area contributed by atoms with Gasteiger partial charge in [0.15, 0.2) is 0 Å². The van der Waals surface area contributed by atoms with E-state index in [4.69, 9.17) is 5.73 Å². The Balaban J connectivity index is 1.90. The van der Waals surface area contributed by atoms with Crippen LogP contribution in [0.1, 0.15) is 40.9 Å². The van der Waals surface area contributed by atoms with Crippen LogP contribution in [0.25, 0.3) is 11.1 Å². The Hall–Kier alpha value is -2.66. The van der Waals surface area contributed by atoms with Gasteiger partial charge in [0.05, 0.1) is 0 Å². The molecule has 1 aliphatic rings. The van der Waals surface area contributed by atoms with Gasteiger partial charge in [-0.15, -0.1) is 0 Å². The minimum absolute atomic E-state index is 0.0168. The summed E-state index contributed by atoms with van der Waals surface area (Å²) in [6.45, 7) is 5.91. The van der Waals surface area contributed by atoms with Crippen LogP contribution < -0.4 is 16.4 Å². The van der Waals surface area contributed by atoms with Gasteiger partial charge in [0, 0.05) is 24.6 Å². The number of amides is 2. The molecule has 0 unspecified atom stereocenters. The van der Waals surface area contributed by atoms with Crippen LogP contribution in [-0.4, -0.2) is 18.4 Å². The Kier molecular flexibility index (Phi) is 5.38. The molecule has 5 nitrogen and oxygen atoms in total. The fourth-order valence-corrected chi connectivity index (χ4v) is 3.20. The highest BCUT2D eigenvalue weighted by molar-refractivity contribution is 6.00. The molecule has 0 spiro atoms. The van der Waals surface area contributed by atoms with Gasteiger partial charge >= 0.3 is 0 Å². The van der Waals surface area contributed by atoms with Crippen LogP contribution >= 0.6 is 0 Å². The molecule has 0 bridgehead atoms. The van der Waals surface area contributed by atoms with Crippen molar-refractivity contribution in [2.24, 2.45) is 11.7 Å². The maximum atomic E-state index is 12.0. The van der Waals surface area contributed by atoms with Gasteiger partial charge in [-0.05, 0) is 52.9 Å². The molecular weight excluding hydrogens is 326 g/mol. The van der Waals surface area contributed by atoms with Gasteiger partial charge in [-0.2, -0.15) is 0 Å². The van der Waals surface area contributed by atoms with Crippen molar-refractivity contribution >= 4 is 11.8 Å². The molecule has 2 aromatic rings. The molecule has 2 amide bonds. The lowest BCUT2D eigenvalue weighted by molar-refractivity contribution is -0.124. The third kappa shape index (κ3) is 3.94. The number of primary amides is 1. The Morgan fingerprint density at radius 2 is 1.96 bits per heavy atom. The van der Waals surface area contributed by atoms with E-state index >= 15 is 0 Å². The highest BCUT2D eigenvalue weighted by Crippen LogP contribution is 2.28. The summed E-state index contributed by atoms with van der Waals surface area (Å²) < 4.78 is 0. The zero-order valence-corrected chi connectivity index (χ0v) is 15.3. The molecule has 0 fully saturated rings. The summed E-state index contributed by atoms with van der Waals surface area (Å²) >= 11 is 0. The van der Waals surface area contributed by atoms with E-state index in [1.54, 1.807) is 6.07 Å². The predicted octanol–water partition coefficient (Wildman–Crippen LogP) is 2.37. The standard InChI is InChI=1S/C21H25N3O2/c1-13(2)21(26)24-11-14-3-6-18(19(9-14)20(22)25)16-5-4-15-7-8-23-12-17(15)10-16/h3-6,9-10,13,23H,7-8,11-12H2,1-2H3,(H2,22,25)(H,24,26). The summed E-state index contributed by atoms with van der Waals surface area (Å²) in [4.78, 5) is 23.8. The normalized spacial score (nSPS) is 13.3. The summed E-state index contributed by atoms with van der Waals surface area (Å²) in [5.74, 6) is -0.557. The van der Waals surface area contributed by atoms with Gasteiger partial charge in [-0.25, -0.2) is 0 Å². The number of rotatable bonds is 5. The Morgan fingerprint density at radius 3 is 2.69 bits per heavy atom. The van der Waals surface area contributed by atoms with Crippen LogP contribution in [0.5, 0.6) is 0 Å². The summed E-state index contributed by atoms with van der Waals surface area (Å²) in [5, 5.41) is 6.24. The minimum atomic E-state index is -0.465. The number of benzene rings is 2. The number of hydrogen-bond donors (Lipinski definition) is 3. The Bertz CT molecular complexity index is 843. The van der Waals surface area contributed by atoms with Crippen molar-refractivity contribution in [3.05, 3.63) is 58.7 Å². The van der Waals surface area contributed by atoms with Crippen LogP contribution in [-0.2, 0) is 24.3 Å². The summed E-state index contributed by atoms with van der Waals surface area (Å²) in [6.07, 6.45) is 1.02. The number of nitrogens with two attached hydrogens (primary N) is 1. The van der Waals surface area contributed by atoms with Gasteiger partial charge in [0.2, 0.25) is 11.8 Å². The van der Waals surface area contributed by atoms with Gasteiger partial charge in [-0.3, -0.25) is 9.59 Å². The lowest BCUT2D eigenvalue weighted by Crippen LogP contribution is -2.27. The zero-order chi connectivity index (χ0) is 18.7. The molecule has 3 rings (SSSR count). The molecule has 136 valence electrons. The van der Waals surface area contributed by atoms with Crippen molar-refractivity contribution in [2.45, 2.75) is 33.4 Å². The third-order valence-electron chi connectivity index (χ3n) is 4.74. The first-order chi connectivity index (χ1) is 12.5. The average Bonchev–Trinajstić information content (AvgIpc) is 2.65. The topological polar surface area (TPSA) is 84.2 Å². The minimum Gasteiger partial charge on any atom is -0.366 e. The largest absolute Gasteiger partial charge is 0.366 e. The van der Waals surface area contributed by atoms with E-state index in [2.05, 4.69) is 22.8 Å². The fourth-order valence-electron chi connectivity index (χ4n) is 3.20. The quantitative estimate of drug-likeness (QED) is 0.773. The molecular formula is C21H25N3O2. The number of carbonyl (C=O) groups is 2. The molecule has 0 aromatic heterocycles. The van der Waals surface area contributed by atoms with Crippen LogP contribution in [0.4, 0.5) is 0 Å². The van der Waals surface area contributed by atoms with Crippen LogP contribution in [0.2, 0.25) is 0 Å². The number of nitrogens with one attached hydrogen (secondary N) is 2. The second-order valence-electron chi connectivity index (χ2n) is 7.03. The monoisotopic (exact) mass is 351 g/mol. The number of carbonyl (C=O) groups excluding carboxylic acids is 2. The molecule has 1 heterocycles. The third-order valence-corrected chi connectivity index (χ3v) is 4.74. The van der Waals surface area contributed by atoms with Crippen molar-refractivity contribution in [1.29, 1.82) is 0 Å². The molecule has 0 saturated heterocycles. The van der Waals surface area contributed by atoms with E-state index in [9.17, 15) is 9.59 Å². The lowest BCUT2D eigenvalue weighted by Gasteiger charge is -2.19. The van der Waals surface area contributed by atoms with Crippen molar-refractivity contribution in [2.75, 3.05) is 6.54 Å². The van der Waals surface area contributed by atoms with Crippen LogP contribution in [0.3, 0.4) is 0 Å². The molecule has 4 N–H and O–H groups in total. The molecule has 0 saturated carbocycles. The fraction of sp³-hybridized carbons (Fsp3) is 0.333. The van der Waals surface area contributed by atoms with Crippen molar-refractivity contribution < 1.29 is 9.59 Å². The molecule has 2 aromatic carbocycles. The summed E-state index contributed by atoms with van der Waals surface area (Å²) in [7, 11) is 0. The first-order valence-electron chi connectivity index (χ1n) is 8.99. The highest BCUT2D eigenvalue weighted by atomic mass is 16.2. The van der Waals surface area contributed by atoms with Crippen LogP contribution in [0, 0.1) is 5.92 Å². The second kappa shape index (κ2) is 7.70. The molecule has 1 aliphatic heterocycles. The number of fused-ring (bicyclic) bond motifs is 1. The maximum absolute atomic E-state index is 12.0. The van der Waals surface area contributed by atoms with Gasteiger partial charge in [0.25, 0.3) is 0 Å². The van der Waals surface area contributed by atoms with E-state index in [-0.39, 0.29) is 11.8 Å². The van der Waals surface area contributed by atoms with Gasteiger partial charge in [-0.1, -0.05) is 38.1 Å². The van der Waals surface area contributed by atoms with E-state index < -0.39 is 5.91 Å². The zero-order valence-electron chi connectivity index (χ0n) is 15.3. The number of hydrogen-bond acceptors (Lipinski definition) is 3. The smallest absolute Gasteiger partial charge is 0.249 e. The van der Waals surface area contributed by atoms with E-state index in [1.807, 2.05) is 32.0 Å². The highest BCUT2D eigenvalue weighted by Gasteiger charge is 2.15. The summed E-state index contributed by atoms with van der Waals surface area (Å²) in [5.41, 5.74) is 11.4. The van der Waals surface area contributed by atoms with E-state index in [0.29, 0.717) is 12.1 Å². The molecule has 26 heavy (non-hydrogen) atoms. The molecule has 0 atom stereocenters. The first-order valence-corrected chi connectivity index (χ1v) is 8.99. The molecule has 0 aliphatic carbocycles. The van der Waals surface area contributed by atoms with Gasteiger partial charge in [0.1, 0.15) is 0 Å². The Morgan fingerprint density at radius 1 is 1.15 bits per heavy atom. The second-order valence-corrected chi connectivity index (χ2v) is 7.03. The average molecular weight is 351 g/mol. The van der Waals surface area contributed by atoms with Crippen molar-refractivity contribution in [3.63, 3.8) is 0 Å². The van der Waals surface area contributed by atoms with E-state index in [1.165, 1.54) is 11.1 Å². The van der Waals surface area contributed by atoms with Crippen molar-refractivity contribution in [1.82, 2.24) is 10.6 Å². The lowest BCUT2D eigenvalue weighted by atomic mass is 9.92. The van der Waals surface area contributed by atoms with Gasteiger partial charge < -0.3 is 16.4 Å². The van der Waals surface area contributed by atoms with Crippen molar-refractivity contribution in [3.8, 4) is 11.1 Å². The Labute approximate surface area is 154 Å². The SMILES string of the molecule is CC(C)C(=O)NCc1ccc(-c2ccc3c(c2)CNCC3)c(C(N)=O)c1. The first kappa shape index (κ1) is 18.1.